The largest absolute Gasteiger partial charge is 0.310 e. The molecule has 1 aromatic heterocycles. The summed E-state index contributed by atoms with van der Waals surface area (Å²) in [6.07, 6.45) is 15.1. The minimum atomic E-state index is 0.501. The summed E-state index contributed by atoms with van der Waals surface area (Å²) in [6, 6.07) is 0.501. The lowest BCUT2D eigenvalue weighted by molar-refractivity contribution is 0.411. The van der Waals surface area contributed by atoms with Crippen molar-refractivity contribution in [1.82, 2.24) is 15.1 Å². The van der Waals surface area contributed by atoms with E-state index in [-0.39, 0.29) is 0 Å². The molecule has 1 aromatic rings. The summed E-state index contributed by atoms with van der Waals surface area (Å²) < 4.78 is 2.09. The summed E-state index contributed by atoms with van der Waals surface area (Å²) in [5.41, 5.74) is 1.38. The van der Waals surface area contributed by atoms with Crippen LogP contribution in [0.1, 0.15) is 76.8 Å². The van der Waals surface area contributed by atoms with E-state index in [1.165, 1.54) is 50.5 Å². The summed E-state index contributed by atoms with van der Waals surface area (Å²) in [6.45, 7) is 6.58. The maximum Gasteiger partial charge on any atom is 0.0537 e. The fourth-order valence-corrected chi connectivity index (χ4v) is 3.32. The zero-order valence-electron chi connectivity index (χ0n) is 13.3. The minimum absolute atomic E-state index is 0.501. The molecule has 1 saturated carbocycles. The van der Waals surface area contributed by atoms with E-state index in [4.69, 9.17) is 0 Å². The Bertz CT molecular complexity index is 366. The fraction of sp³-hybridized carbons (Fsp3) is 0.824. The zero-order chi connectivity index (χ0) is 14.2. The average Bonchev–Trinajstić information content (AvgIpc) is 3.11. The van der Waals surface area contributed by atoms with Gasteiger partial charge in [-0.1, -0.05) is 39.5 Å². The van der Waals surface area contributed by atoms with Crippen LogP contribution in [-0.2, 0) is 6.54 Å². The number of hydrogen-bond acceptors (Lipinski definition) is 2. The molecule has 0 amide bonds. The lowest BCUT2D eigenvalue weighted by Crippen LogP contribution is -2.22. The number of aromatic nitrogens is 2. The normalized spacial score (nSPS) is 17.7. The van der Waals surface area contributed by atoms with Gasteiger partial charge < -0.3 is 5.32 Å². The molecule has 0 radical (unpaired) electrons. The average molecular weight is 277 g/mol. The Kier molecular flexibility index (Phi) is 6.58. The van der Waals surface area contributed by atoms with Gasteiger partial charge in [0.15, 0.2) is 0 Å². The maximum absolute atomic E-state index is 4.49. The van der Waals surface area contributed by atoms with E-state index in [0.29, 0.717) is 6.04 Å². The van der Waals surface area contributed by atoms with Crippen LogP contribution in [0, 0.1) is 5.92 Å². The lowest BCUT2D eigenvalue weighted by Gasteiger charge is -2.19. The second kappa shape index (κ2) is 8.46. The minimum Gasteiger partial charge on any atom is -0.310 e. The van der Waals surface area contributed by atoms with Gasteiger partial charge in [0.1, 0.15) is 0 Å². The first kappa shape index (κ1) is 15.6. The van der Waals surface area contributed by atoms with Crippen LogP contribution in [0.3, 0.4) is 0 Å². The third-order valence-electron chi connectivity index (χ3n) is 4.49. The maximum atomic E-state index is 4.49. The van der Waals surface area contributed by atoms with Gasteiger partial charge in [0.05, 0.1) is 6.20 Å². The predicted octanol–water partition coefficient (Wildman–Crippen LogP) is 4.30. The smallest absolute Gasteiger partial charge is 0.0537 e. The van der Waals surface area contributed by atoms with Crippen molar-refractivity contribution >= 4 is 0 Å². The van der Waals surface area contributed by atoms with Gasteiger partial charge >= 0.3 is 0 Å². The van der Waals surface area contributed by atoms with Crippen molar-refractivity contribution in [2.45, 2.75) is 77.8 Å². The van der Waals surface area contributed by atoms with Crippen molar-refractivity contribution in [3.8, 4) is 0 Å². The molecule has 20 heavy (non-hydrogen) atoms. The molecule has 2 rings (SSSR count). The first-order valence-corrected chi connectivity index (χ1v) is 8.59. The van der Waals surface area contributed by atoms with E-state index in [9.17, 15) is 0 Å². The molecule has 1 aliphatic rings. The molecule has 0 aromatic carbocycles. The van der Waals surface area contributed by atoms with Crippen LogP contribution in [-0.4, -0.2) is 16.3 Å². The Hall–Kier alpha value is -0.830. The molecular weight excluding hydrogens is 246 g/mol. The summed E-state index contributed by atoms with van der Waals surface area (Å²) in [4.78, 5) is 0. The highest BCUT2D eigenvalue weighted by Crippen LogP contribution is 2.31. The molecule has 1 unspecified atom stereocenters. The summed E-state index contributed by atoms with van der Waals surface area (Å²) in [5, 5.41) is 8.20. The number of nitrogens with one attached hydrogen (secondary N) is 1. The molecule has 0 saturated heterocycles. The van der Waals surface area contributed by atoms with Crippen molar-refractivity contribution in [1.29, 1.82) is 0 Å². The Morgan fingerprint density at radius 3 is 2.80 bits per heavy atom. The molecule has 3 heteroatoms. The third kappa shape index (κ3) is 4.62. The zero-order valence-corrected chi connectivity index (χ0v) is 13.3. The van der Waals surface area contributed by atoms with Gasteiger partial charge in [-0.25, -0.2) is 0 Å². The topological polar surface area (TPSA) is 29.9 Å². The van der Waals surface area contributed by atoms with E-state index < -0.39 is 0 Å². The monoisotopic (exact) mass is 277 g/mol. The summed E-state index contributed by atoms with van der Waals surface area (Å²) in [5.74, 6) is 0.978. The molecule has 1 heterocycles. The second-order valence-corrected chi connectivity index (χ2v) is 6.27. The predicted molar refractivity (Wildman–Crippen MR) is 84.7 cm³/mol. The van der Waals surface area contributed by atoms with Gasteiger partial charge in [0, 0.05) is 24.3 Å². The summed E-state index contributed by atoms with van der Waals surface area (Å²) in [7, 11) is 0. The molecule has 0 spiro atoms. The first-order valence-electron chi connectivity index (χ1n) is 8.59. The highest BCUT2D eigenvalue weighted by Gasteiger charge is 2.19. The van der Waals surface area contributed by atoms with Crippen molar-refractivity contribution in [3.63, 3.8) is 0 Å². The molecule has 1 atom stereocenters. The van der Waals surface area contributed by atoms with Gasteiger partial charge in [-0.05, 0) is 38.1 Å². The molecule has 1 N–H and O–H groups in total. The van der Waals surface area contributed by atoms with E-state index in [2.05, 4.69) is 41.3 Å². The Labute approximate surface area is 124 Å². The molecule has 0 bridgehead atoms. The number of rotatable bonds is 9. The molecule has 3 nitrogen and oxygen atoms in total. The fourth-order valence-electron chi connectivity index (χ4n) is 3.32. The van der Waals surface area contributed by atoms with Crippen LogP contribution in [0.15, 0.2) is 12.4 Å². The molecule has 114 valence electrons. The Morgan fingerprint density at radius 1 is 1.30 bits per heavy atom. The summed E-state index contributed by atoms with van der Waals surface area (Å²) >= 11 is 0. The van der Waals surface area contributed by atoms with E-state index in [1.807, 2.05) is 0 Å². The van der Waals surface area contributed by atoms with Gasteiger partial charge in [-0.3, -0.25) is 4.68 Å². The van der Waals surface area contributed by atoms with Crippen LogP contribution in [0.2, 0.25) is 0 Å². The van der Waals surface area contributed by atoms with E-state index in [0.717, 1.165) is 25.4 Å². The van der Waals surface area contributed by atoms with E-state index >= 15 is 0 Å². The van der Waals surface area contributed by atoms with Crippen molar-refractivity contribution < 1.29 is 0 Å². The molecule has 1 aliphatic carbocycles. The molecule has 0 aliphatic heterocycles. The van der Waals surface area contributed by atoms with Crippen LogP contribution in [0.5, 0.6) is 0 Å². The van der Waals surface area contributed by atoms with Gasteiger partial charge in [-0.2, -0.15) is 5.10 Å². The quantitative estimate of drug-likeness (QED) is 0.729. The highest BCUT2D eigenvalue weighted by molar-refractivity contribution is 5.10. The molecule has 1 fully saturated rings. The van der Waals surface area contributed by atoms with Gasteiger partial charge in [0.25, 0.3) is 0 Å². The third-order valence-corrected chi connectivity index (χ3v) is 4.49. The first-order chi connectivity index (χ1) is 9.83. The highest BCUT2D eigenvalue weighted by atomic mass is 15.3. The van der Waals surface area contributed by atoms with E-state index in [1.54, 1.807) is 0 Å². The molecular formula is C17H31N3. The second-order valence-electron chi connectivity index (χ2n) is 6.27. The SMILES string of the molecule is CCCNC(CCC1CCCC1)c1cnn(CCC)c1. The Balaban J connectivity index is 1.90. The number of nitrogens with zero attached hydrogens (tertiary/aromatic N) is 2. The van der Waals surface area contributed by atoms with Crippen LogP contribution in [0.25, 0.3) is 0 Å². The van der Waals surface area contributed by atoms with Crippen molar-refractivity contribution in [2.24, 2.45) is 5.92 Å². The standard InChI is InChI=1S/C17H31N3/c1-3-11-18-17(10-9-15-7-5-6-8-15)16-13-19-20(14-16)12-4-2/h13-15,17-18H,3-12H2,1-2H3. The van der Waals surface area contributed by atoms with Gasteiger partial charge in [-0.15, -0.1) is 0 Å². The van der Waals surface area contributed by atoms with Gasteiger partial charge in [0.2, 0.25) is 0 Å². The van der Waals surface area contributed by atoms with Crippen LogP contribution < -0.4 is 5.32 Å². The van der Waals surface area contributed by atoms with Crippen molar-refractivity contribution in [2.75, 3.05) is 6.54 Å². The Morgan fingerprint density at radius 2 is 2.10 bits per heavy atom. The lowest BCUT2D eigenvalue weighted by atomic mass is 9.96. The van der Waals surface area contributed by atoms with Crippen LogP contribution >= 0.6 is 0 Å². The van der Waals surface area contributed by atoms with Crippen molar-refractivity contribution in [3.05, 3.63) is 18.0 Å². The number of aryl methyl sites for hydroxylation is 1. The number of hydrogen-bond donors (Lipinski definition) is 1. The van der Waals surface area contributed by atoms with Crippen LogP contribution in [0.4, 0.5) is 0 Å².